The third-order valence-electron chi connectivity index (χ3n) is 3.48. The van der Waals surface area contributed by atoms with Gasteiger partial charge in [-0.05, 0) is 38.1 Å². The maximum absolute atomic E-state index is 12.4. The highest BCUT2D eigenvalue weighted by atomic mass is 35.5. The number of carbonyl (C=O) groups excluding carboxylic acids is 1. The molecule has 1 amide bonds. The van der Waals surface area contributed by atoms with E-state index >= 15 is 0 Å². The fourth-order valence-electron chi connectivity index (χ4n) is 2.39. The first kappa shape index (κ1) is 18.4. The Balaban J connectivity index is 2.08. The van der Waals surface area contributed by atoms with E-state index in [1.54, 1.807) is 38.1 Å². The molecule has 9 heteroatoms. The normalized spacial score (nSPS) is 11.5. The van der Waals surface area contributed by atoms with Crippen LogP contribution in [0.1, 0.15) is 18.3 Å². The summed E-state index contributed by atoms with van der Waals surface area (Å²) in [5.74, 6) is -0.188. The molecule has 24 heavy (non-hydrogen) atoms. The van der Waals surface area contributed by atoms with Crippen LogP contribution in [0, 0.1) is 13.8 Å². The lowest BCUT2D eigenvalue weighted by Gasteiger charge is -2.21. The van der Waals surface area contributed by atoms with Gasteiger partial charge in [-0.15, -0.1) is 0 Å². The molecule has 2 N–H and O–H groups in total. The number of carbonyl (C=O) groups is 1. The second-order valence-electron chi connectivity index (χ2n) is 5.31. The van der Waals surface area contributed by atoms with Crippen molar-refractivity contribution >= 4 is 33.2 Å². The van der Waals surface area contributed by atoms with Crippen LogP contribution in [0.15, 0.2) is 29.2 Å². The number of nitrogens with zero attached hydrogens (tertiary/aromatic N) is 2. The van der Waals surface area contributed by atoms with Crippen LogP contribution in [0.5, 0.6) is 0 Å². The number of anilines is 1. The van der Waals surface area contributed by atoms with E-state index in [-0.39, 0.29) is 23.9 Å². The number of nitrogens with one attached hydrogen (secondary N) is 2. The number of rotatable bonds is 6. The van der Waals surface area contributed by atoms with Crippen molar-refractivity contribution in [3.63, 3.8) is 0 Å². The Morgan fingerprint density at radius 1 is 1.29 bits per heavy atom. The van der Waals surface area contributed by atoms with Crippen LogP contribution in [-0.2, 0) is 14.8 Å². The minimum atomic E-state index is -3.69. The highest BCUT2D eigenvalue weighted by Gasteiger charge is 2.22. The zero-order valence-electron chi connectivity index (χ0n) is 13.6. The van der Waals surface area contributed by atoms with Crippen LogP contribution >= 0.6 is 11.6 Å². The predicted octanol–water partition coefficient (Wildman–Crippen LogP) is 2.01. The molecule has 1 aromatic heterocycles. The average Bonchev–Trinajstić information content (AvgIpc) is 2.84. The summed E-state index contributed by atoms with van der Waals surface area (Å²) in [6.45, 7) is 4.96. The van der Waals surface area contributed by atoms with E-state index in [1.807, 2.05) is 0 Å². The molecule has 0 radical (unpaired) electrons. The maximum atomic E-state index is 12.4. The highest BCUT2D eigenvalue weighted by Crippen LogP contribution is 2.19. The zero-order valence-corrected chi connectivity index (χ0v) is 15.2. The molecule has 130 valence electrons. The van der Waals surface area contributed by atoms with Crippen molar-refractivity contribution < 1.29 is 13.2 Å². The van der Waals surface area contributed by atoms with Gasteiger partial charge in [0.15, 0.2) is 0 Å². The first-order valence-corrected chi connectivity index (χ1v) is 9.13. The van der Waals surface area contributed by atoms with Gasteiger partial charge < -0.3 is 4.90 Å². The van der Waals surface area contributed by atoms with Gasteiger partial charge in [0.05, 0.1) is 11.4 Å². The Hall–Kier alpha value is -1.90. The number of aromatic nitrogens is 2. The quantitative estimate of drug-likeness (QED) is 0.813. The van der Waals surface area contributed by atoms with Crippen LogP contribution in [-0.4, -0.2) is 37.6 Å². The van der Waals surface area contributed by atoms with E-state index in [0.29, 0.717) is 22.1 Å². The molecule has 1 heterocycles. The van der Waals surface area contributed by atoms with Gasteiger partial charge in [0, 0.05) is 30.7 Å². The second kappa shape index (κ2) is 7.33. The molecule has 0 saturated carbocycles. The average molecular weight is 371 g/mol. The van der Waals surface area contributed by atoms with Gasteiger partial charge in [0.1, 0.15) is 4.90 Å². The van der Waals surface area contributed by atoms with Gasteiger partial charge in [-0.2, -0.15) is 5.10 Å². The molecule has 0 unspecified atom stereocenters. The maximum Gasteiger partial charge on any atom is 0.244 e. The van der Waals surface area contributed by atoms with Crippen LogP contribution in [0.4, 0.5) is 5.69 Å². The summed E-state index contributed by atoms with van der Waals surface area (Å²) in [5, 5.41) is 7.10. The lowest BCUT2D eigenvalue weighted by molar-refractivity contribution is -0.116. The zero-order chi connectivity index (χ0) is 17.9. The van der Waals surface area contributed by atoms with Gasteiger partial charge in [0.25, 0.3) is 0 Å². The van der Waals surface area contributed by atoms with Crippen LogP contribution < -0.4 is 9.62 Å². The smallest absolute Gasteiger partial charge is 0.244 e. The molecule has 1 aromatic carbocycles. The van der Waals surface area contributed by atoms with Gasteiger partial charge >= 0.3 is 0 Å². The summed E-state index contributed by atoms with van der Waals surface area (Å²) in [5.41, 5.74) is 1.53. The van der Waals surface area contributed by atoms with Crippen molar-refractivity contribution in [3.05, 3.63) is 40.7 Å². The highest BCUT2D eigenvalue weighted by molar-refractivity contribution is 7.89. The topological polar surface area (TPSA) is 95.2 Å². The van der Waals surface area contributed by atoms with E-state index in [1.165, 1.54) is 11.8 Å². The summed E-state index contributed by atoms with van der Waals surface area (Å²) >= 11 is 5.84. The molecule has 0 atom stereocenters. The minimum absolute atomic E-state index is 0.0780. The van der Waals surface area contributed by atoms with E-state index in [9.17, 15) is 13.2 Å². The Bertz CT molecular complexity index is 811. The summed E-state index contributed by atoms with van der Waals surface area (Å²) in [7, 11) is -3.69. The number of sulfonamides is 1. The number of H-pyrrole nitrogens is 1. The monoisotopic (exact) mass is 370 g/mol. The molecule has 0 bridgehead atoms. The Kier molecular flexibility index (Phi) is 5.63. The number of hydrogen-bond donors (Lipinski definition) is 2. The Morgan fingerprint density at radius 3 is 2.42 bits per heavy atom. The number of amides is 1. The molecule has 7 nitrogen and oxygen atoms in total. The number of halogens is 1. The van der Waals surface area contributed by atoms with Crippen LogP contribution in [0.3, 0.4) is 0 Å². The molecule has 2 aromatic rings. The summed E-state index contributed by atoms with van der Waals surface area (Å²) < 4.78 is 27.3. The fourth-order valence-corrected chi connectivity index (χ4v) is 3.90. The van der Waals surface area contributed by atoms with Crippen LogP contribution in [0.25, 0.3) is 0 Å². The van der Waals surface area contributed by atoms with Crippen molar-refractivity contribution in [2.45, 2.75) is 25.7 Å². The van der Waals surface area contributed by atoms with Crippen LogP contribution in [0.2, 0.25) is 5.02 Å². The van der Waals surface area contributed by atoms with E-state index in [2.05, 4.69) is 14.9 Å². The van der Waals surface area contributed by atoms with E-state index in [0.717, 1.165) is 0 Å². The standard InChI is InChI=1S/C15H19ClN4O3S/c1-10-15(11(2)19-18-10)24(22,23)17-8-9-20(12(3)21)14-6-4-13(16)5-7-14/h4-7,17H,8-9H2,1-3H3,(H,18,19). The lowest BCUT2D eigenvalue weighted by Crippen LogP contribution is -2.37. The molecular formula is C15H19ClN4O3S. The number of aryl methyl sites for hydroxylation is 2. The number of aromatic amines is 1. The van der Waals surface area contributed by atoms with Gasteiger partial charge in [-0.3, -0.25) is 9.89 Å². The van der Waals surface area contributed by atoms with Gasteiger partial charge in [0.2, 0.25) is 15.9 Å². The lowest BCUT2D eigenvalue weighted by atomic mass is 10.3. The third kappa shape index (κ3) is 4.14. The molecule has 0 aliphatic carbocycles. The number of hydrogen-bond acceptors (Lipinski definition) is 4. The fraction of sp³-hybridized carbons (Fsp3) is 0.333. The van der Waals surface area contributed by atoms with Gasteiger partial charge in [-0.25, -0.2) is 13.1 Å². The van der Waals surface area contributed by atoms with E-state index in [4.69, 9.17) is 11.6 Å². The SMILES string of the molecule is CC(=O)N(CCNS(=O)(=O)c1c(C)n[nH]c1C)c1ccc(Cl)cc1. The third-order valence-corrected chi connectivity index (χ3v) is 5.45. The minimum Gasteiger partial charge on any atom is -0.311 e. The molecule has 0 aliphatic heterocycles. The molecule has 0 saturated heterocycles. The van der Waals surface area contributed by atoms with Gasteiger partial charge in [-0.1, -0.05) is 11.6 Å². The largest absolute Gasteiger partial charge is 0.311 e. The Labute approximate surface area is 146 Å². The van der Waals surface area contributed by atoms with Crippen molar-refractivity contribution in [2.24, 2.45) is 0 Å². The predicted molar refractivity (Wildman–Crippen MR) is 92.7 cm³/mol. The first-order chi connectivity index (χ1) is 11.2. The molecule has 0 fully saturated rings. The molecule has 0 spiro atoms. The van der Waals surface area contributed by atoms with Crippen molar-refractivity contribution in [1.82, 2.24) is 14.9 Å². The molecular weight excluding hydrogens is 352 g/mol. The Morgan fingerprint density at radius 2 is 1.92 bits per heavy atom. The van der Waals surface area contributed by atoms with Crippen molar-refractivity contribution in [1.29, 1.82) is 0 Å². The summed E-state index contributed by atoms with van der Waals surface area (Å²) in [4.78, 5) is 13.4. The molecule has 0 aliphatic rings. The summed E-state index contributed by atoms with van der Waals surface area (Å²) in [6, 6.07) is 6.77. The summed E-state index contributed by atoms with van der Waals surface area (Å²) in [6.07, 6.45) is 0. The first-order valence-electron chi connectivity index (χ1n) is 7.27. The second-order valence-corrected chi connectivity index (χ2v) is 7.45. The van der Waals surface area contributed by atoms with Crippen molar-refractivity contribution in [3.8, 4) is 0 Å². The van der Waals surface area contributed by atoms with Crippen molar-refractivity contribution in [2.75, 3.05) is 18.0 Å². The number of benzene rings is 1. The van der Waals surface area contributed by atoms with E-state index < -0.39 is 10.0 Å². The molecule has 2 rings (SSSR count).